The second-order valence-corrected chi connectivity index (χ2v) is 8.10. The second-order valence-electron chi connectivity index (χ2n) is 4.02. The van der Waals surface area contributed by atoms with Crippen LogP contribution < -0.4 is 10.5 Å². The van der Waals surface area contributed by atoms with Crippen LogP contribution in [0.2, 0.25) is 5.02 Å². The SMILES string of the molecule is Cc1ccc(S(=O)(=O)Nc2cc(Cl)ccc2C(N)=S)s1. The Morgan fingerprint density at radius 2 is 2.05 bits per heavy atom. The lowest BCUT2D eigenvalue weighted by Crippen LogP contribution is -2.17. The summed E-state index contributed by atoms with van der Waals surface area (Å²) >= 11 is 12.0. The summed E-state index contributed by atoms with van der Waals surface area (Å²) in [5.41, 5.74) is 6.29. The van der Waals surface area contributed by atoms with Crippen molar-refractivity contribution >= 4 is 55.9 Å². The zero-order chi connectivity index (χ0) is 14.9. The number of halogens is 1. The molecular weight excluding hydrogens is 336 g/mol. The number of benzene rings is 1. The van der Waals surface area contributed by atoms with E-state index in [9.17, 15) is 8.42 Å². The van der Waals surface area contributed by atoms with Gasteiger partial charge in [0.1, 0.15) is 9.20 Å². The Balaban J connectivity index is 2.44. The van der Waals surface area contributed by atoms with E-state index in [1.807, 2.05) is 6.92 Å². The van der Waals surface area contributed by atoms with Crippen molar-refractivity contribution in [3.05, 3.63) is 45.8 Å². The van der Waals surface area contributed by atoms with Crippen LogP contribution in [0.15, 0.2) is 34.5 Å². The summed E-state index contributed by atoms with van der Waals surface area (Å²) in [6.45, 7) is 1.84. The number of thiocarbonyl (C=S) groups is 1. The molecular formula is C12H11ClN2O2S3. The maximum Gasteiger partial charge on any atom is 0.271 e. The lowest BCUT2D eigenvalue weighted by atomic mass is 10.2. The van der Waals surface area contributed by atoms with Gasteiger partial charge in [-0.15, -0.1) is 11.3 Å². The molecule has 0 atom stereocenters. The third-order valence-corrected chi connectivity index (χ3v) is 5.78. The molecule has 0 spiro atoms. The average Bonchev–Trinajstić information content (AvgIpc) is 2.75. The van der Waals surface area contributed by atoms with E-state index >= 15 is 0 Å². The second kappa shape index (κ2) is 5.69. The van der Waals surface area contributed by atoms with Gasteiger partial charge in [-0.1, -0.05) is 23.8 Å². The molecule has 0 aliphatic carbocycles. The van der Waals surface area contributed by atoms with Gasteiger partial charge >= 0.3 is 0 Å². The van der Waals surface area contributed by atoms with Crippen LogP contribution in [-0.2, 0) is 10.0 Å². The molecule has 2 rings (SSSR count). The highest BCUT2D eigenvalue weighted by Gasteiger charge is 2.18. The molecule has 20 heavy (non-hydrogen) atoms. The summed E-state index contributed by atoms with van der Waals surface area (Å²) in [5, 5.41) is 0.394. The Morgan fingerprint density at radius 3 is 2.60 bits per heavy atom. The van der Waals surface area contributed by atoms with Gasteiger partial charge in [-0.25, -0.2) is 8.42 Å². The summed E-state index contributed by atoms with van der Waals surface area (Å²) in [7, 11) is -3.67. The van der Waals surface area contributed by atoms with Crippen molar-refractivity contribution in [1.82, 2.24) is 0 Å². The molecule has 0 fully saturated rings. The van der Waals surface area contributed by atoms with Gasteiger partial charge in [-0.3, -0.25) is 4.72 Å². The van der Waals surface area contributed by atoms with E-state index < -0.39 is 10.0 Å². The third-order valence-electron chi connectivity index (χ3n) is 2.47. The zero-order valence-electron chi connectivity index (χ0n) is 10.4. The molecule has 0 amide bonds. The zero-order valence-corrected chi connectivity index (χ0v) is 13.6. The first-order valence-electron chi connectivity index (χ1n) is 5.48. The van der Waals surface area contributed by atoms with Crippen molar-refractivity contribution in [2.75, 3.05) is 4.72 Å². The van der Waals surface area contributed by atoms with Crippen LogP contribution in [0.1, 0.15) is 10.4 Å². The van der Waals surface area contributed by atoms with E-state index in [1.54, 1.807) is 24.3 Å². The predicted octanol–water partition coefficient (Wildman–Crippen LogP) is 3.14. The van der Waals surface area contributed by atoms with Crippen molar-refractivity contribution in [3.8, 4) is 0 Å². The van der Waals surface area contributed by atoms with Gasteiger partial charge in [-0.05, 0) is 37.3 Å². The molecule has 2 aromatic rings. The summed E-state index contributed by atoms with van der Waals surface area (Å²) in [5.74, 6) is 0. The summed E-state index contributed by atoms with van der Waals surface area (Å²) in [6, 6.07) is 7.96. The Hall–Kier alpha value is -1.15. The molecule has 0 bridgehead atoms. The maximum absolute atomic E-state index is 12.3. The Labute approximate surface area is 131 Å². The largest absolute Gasteiger partial charge is 0.389 e. The van der Waals surface area contributed by atoms with Crippen molar-refractivity contribution in [1.29, 1.82) is 0 Å². The fraction of sp³-hybridized carbons (Fsp3) is 0.0833. The van der Waals surface area contributed by atoms with E-state index in [2.05, 4.69) is 4.72 Å². The lowest BCUT2D eigenvalue weighted by Gasteiger charge is -2.11. The van der Waals surface area contributed by atoms with E-state index in [4.69, 9.17) is 29.6 Å². The molecule has 3 N–H and O–H groups in total. The first-order valence-corrected chi connectivity index (χ1v) is 8.57. The first kappa shape index (κ1) is 15.2. The third kappa shape index (κ3) is 3.29. The minimum absolute atomic E-state index is 0.0988. The van der Waals surface area contributed by atoms with Crippen LogP contribution in [0.4, 0.5) is 5.69 Å². The highest BCUT2D eigenvalue weighted by Crippen LogP contribution is 2.27. The number of anilines is 1. The highest BCUT2D eigenvalue weighted by atomic mass is 35.5. The molecule has 0 unspecified atom stereocenters. The van der Waals surface area contributed by atoms with Crippen molar-refractivity contribution in [3.63, 3.8) is 0 Å². The van der Waals surface area contributed by atoms with Gasteiger partial charge in [-0.2, -0.15) is 0 Å². The smallest absolute Gasteiger partial charge is 0.271 e. The average molecular weight is 347 g/mol. The molecule has 1 heterocycles. The highest BCUT2D eigenvalue weighted by molar-refractivity contribution is 7.94. The van der Waals surface area contributed by atoms with Crippen molar-refractivity contribution in [2.45, 2.75) is 11.1 Å². The molecule has 0 saturated heterocycles. The number of aryl methyl sites for hydroxylation is 1. The number of hydrogen-bond donors (Lipinski definition) is 2. The van der Waals surface area contributed by atoms with Crippen LogP contribution in [0.5, 0.6) is 0 Å². The summed E-state index contributed by atoms with van der Waals surface area (Å²) in [6.07, 6.45) is 0. The van der Waals surface area contributed by atoms with Crippen LogP contribution in [-0.4, -0.2) is 13.4 Å². The predicted molar refractivity (Wildman–Crippen MR) is 87.2 cm³/mol. The quantitative estimate of drug-likeness (QED) is 0.834. The van der Waals surface area contributed by atoms with Gasteiger partial charge in [0.25, 0.3) is 10.0 Å². The van der Waals surface area contributed by atoms with Gasteiger partial charge in [0.05, 0.1) is 5.69 Å². The molecule has 1 aromatic carbocycles. The summed E-state index contributed by atoms with van der Waals surface area (Å²) < 4.78 is 27.2. The van der Waals surface area contributed by atoms with Crippen LogP contribution in [0.3, 0.4) is 0 Å². The molecule has 4 nitrogen and oxygen atoms in total. The van der Waals surface area contributed by atoms with E-state index in [0.29, 0.717) is 10.6 Å². The minimum Gasteiger partial charge on any atom is -0.389 e. The molecule has 0 radical (unpaired) electrons. The van der Waals surface area contributed by atoms with Crippen LogP contribution in [0.25, 0.3) is 0 Å². The van der Waals surface area contributed by atoms with E-state index in [1.165, 1.54) is 17.4 Å². The number of nitrogens with one attached hydrogen (secondary N) is 1. The number of rotatable bonds is 4. The maximum atomic E-state index is 12.3. The van der Waals surface area contributed by atoms with E-state index in [0.717, 1.165) is 4.88 Å². The van der Waals surface area contributed by atoms with Crippen LogP contribution in [0, 0.1) is 6.92 Å². The van der Waals surface area contributed by atoms with Crippen molar-refractivity contribution < 1.29 is 8.42 Å². The fourth-order valence-electron chi connectivity index (χ4n) is 1.57. The molecule has 106 valence electrons. The van der Waals surface area contributed by atoms with Crippen molar-refractivity contribution in [2.24, 2.45) is 5.73 Å². The molecule has 0 saturated carbocycles. The molecule has 8 heteroatoms. The normalized spacial score (nSPS) is 11.3. The monoisotopic (exact) mass is 346 g/mol. The fourth-order valence-corrected chi connectivity index (χ4v) is 4.27. The standard InChI is InChI=1S/C12H11ClN2O2S3/c1-7-2-5-11(19-7)20(16,17)15-10-6-8(13)3-4-9(10)12(14)18/h2-6,15H,1H3,(H2,14,18). The van der Waals surface area contributed by atoms with Gasteiger partial charge < -0.3 is 5.73 Å². The summed E-state index contributed by atoms with van der Waals surface area (Å²) in [4.78, 5) is 1.01. The van der Waals surface area contributed by atoms with E-state index in [-0.39, 0.29) is 14.9 Å². The number of nitrogens with two attached hydrogens (primary N) is 1. The molecule has 0 aliphatic heterocycles. The minimum atomic E-state index is -3.67. The van der Waals surface area contributed by atoms with Gasteiger partial charge in [0.15, 0.2) is 0 Å². The Bertz CT molecular complexity index is 769. The lowest BCUT2D eigenvalue weighted by molar-refractivity contribution is 0.603. The molecule has 0 aliphatic rings. The topological polar surface area (TPSA) is 72.2 Å². The Kier molecular flexibility index (Phi) is 4.33. The Morgan fingerprint density at radius 1 is 1.35 bits per heavy atom. The number of thiophene rings is 1. The first-order chi connectivity index (χ1) is 9.29. The van der Waals surface area contributed by atoms with Crippen LogP contribution >= 0.6 is 35.2 Å². The molecule has 1 aromatic heterocycles. The number of sulfonamides is 1. The van der Waals surface area contributed by atoms with Gasteiger partial charge in [0, 0.05) is 15.5 Å². The van der Waals surface area contributed by atoms with Gasteiger partial charge in [0.2, 0.25) is 0 Å². The number of hydrogen-bond acceptors (Lipinski definition) is 4.